The summed E-state index contributed by atoms with van der Waals surface area (Å²) in [6.07, 6.45) is 5.12. The molecule has 2 aromatic rings. The number of thiophene rings is 1. The number of halogens is 1. The summed E-state index contributed by atoms with van der Waals surface area (Å²) in [4.78, 5) is 0. The van der Waals surface area contributed by atoms with Crippen LogP contribution >= 0.6 is 33.9 Å². The van der Waals surface area contributed by atoms with Crippen molar-refractivity contribution in [2.45, 2.75) is 45.2 Å². The molecule has 0 saturated heterocycles. The van der Waals surface area contributed by atoms with Crippen molar-refractivity contribution >= 4 is 33.9 Å². The van der Waals surface area contributed by atoms with E-state index in [1.54, 1.807) is 11.3 Å². The van der Waals surface area contributed by atoms with Crippen molar-refractivity contribution in [1.29, 1.82) is 0 Å². The Balaban J connectivity index is 2.03. The molecule has 0 spiro atoms. The fourth-order valence-corrected chi connectivity index (χ4v) is 3.65. The molecular weight excluding hydrogens is 369 g/mol. The molecule has 1 atom stereocenters. The van der Waals surface area contributed by atoms with Gasteiger partial charge in [-0.2, -0.15) is 5.10 Å². The Morgan fingerprint density at radius 2 is 2.16 bits per heavy atom. The first-order chi connectivity index (χ1) is 9.13. The maximum atomic E-state index is 6.24. The van der Waals surface area contributed by atoms with Crippen LogP contribution in [0.1, 0.15) is 50.0 Å². The van der Waals surface area contributed by atoms with Gasteiger partial charge < -0.3 is 5.73 Å². The van der Waals surface area contributed by atoms with Gasteiger partial charge >= 0.3 is 0 Å². The summed E-state index contributed by atoms with van der Waals surface area (Å²) in [5.41, 5.74) is 8.54. The second kappa shape index (κ2) is 6.85. The van der Waals surface area contributed by atoms with E-state index in [0.717, 1.165) is 25.0 Å². The minimum atomic E-state index is 0.0461. The third kappa shape index (κ3) is 3.79. The lowest BCUT2D eigenvalue weighted by Crippen LogP contribution is -2.14. The third-order valence-electron chi connectivity index (χ3n) is 3.43. The highest BCUT2D eigenvalue weighted by Gasteiger charge is 2.13. The van der Waals surface area contributed by atoms with E-state index < -0.39 is 0 Å². The van der Waals surface area contributed by atoms with Crippen LogP contribution in [0.2, 0.25) is 0 Å². The average molecular weight is 389 g/mol. The molecule has 0 aliphatic rings. The summed E-state index contributed by atoms with van der Waals surface area (Å²) in [6, 6.07) is 4.81. The summed E-state index contributed by atoms with van der Waals surface area (Å²) >= 11 is 4.07. The smallest absolute Gasteiger partial charge is 0.0656 e. The SMILES string of the molecule is CCC(CC)n1ccc(CC(N)c2csc(I)c2)n1. The molecule has 2 N–H and O–H groups in total. The normalized spacial score (nSPS) is 13.1. The monoisotopic (exact) mass is 389 g/mol. The van der Waals surface area contributed by atoms with E-state index in [4.69, 9.17) is 5.73 Å². The van der Waals surface area contributed by atoms with Crippen LogP contribution in [0.5, 0.6) is 0 Å². The second-order valence-corrected chi connectivity index (χ2v) is 7.56. The average Bonchev–Trinajstić information content (AvgIpc) is 3.00. The molecule has 0 aromatic carbocycles. The molecule has 0 aliphatic carbocycles. The number of nitrogens with two attached hydrogens (primary N) is 1. The van der Waals surface area contributed by atoms with Gasteiger partial charge in [0.2, 0.25) is 0 Å². The van der Waals surface area contributed by atoms with Crippen LogP contribution in [-0.4, -0.2) is 9.78 Å². The summed E-state index contributed by atoms with van der Waals surface area (Å²) in [5, 5.41) is 6.81. The molecule has 3 nitrogen and oxygen atoms in total. The molecule has 0 aliphatic heterocycles. The highest BCUT2D eigenvalue weighted by Crippen LogP contribution is 2.23. The van der Waals surface area contributed by atoms with Crippen LogP contribution in [0.25, 0.3) is 0 Å². The maximum absolute atomic E-state index is 6.24. The van der Waals surface area contributed by atoms with Crippen LogP contribution < -0.4 is 5.73 Å². The molecular formula is C14H20IN3S. The zero-order chi connectivity index (χ0) is 13.8. The first kappa shape index (κ1) is 15.0. The molecule has 2 heterocycles. The third-order valence-corrected chi connectivity index (χ3v) is 5.23. The number of rotatable bonds is 6. The van der Waals surface area contributed by atoms with Crippen molar-refractivity contribution in [2.75, 3.05) is 0 Å². The number of hydrogen-bond donors (Lipinski definition) is 1. The van der Waals surface area contributed by atoms with E-state index in [1.807, 2.05) is 0 Å². The lowest BCUT2D eigenvalue weighted by atomic mass is 10.1. The molecule has 0 bridgehead atoms. The minimum absolute atomic E-state index is 0.0461. The zero-order valence-corrected chi connectivity index (χ0v) is 14.3. The second-order valence-electron chi connectivity index (χ2n) is 4.75. The first-order valence-corrected chi connectivity index (χ1v) is 8.63. The maximum Gasteiger partial charge on any atom is 0.0656 e. The Hall–Kier alpha value is -0.400. The number of aromatic nitrogens is 2. The molecule has 0 saturated carbocycles. The molecule has 19 heavy (non-hydrogen) atoms. The van der Waals surface area contributed by atoms with E-state index >= 15 is 0 Å². The van der Waals surface area contributed by atoms with Gasteiger partial charge in [-0.3, -0.25) is 4.68 Å². The fraction of sp³-hybridized carbons (Fsp3) is 0.500. The van der Waals surface area contributed by atoms with E-state index in [9.17, 15) is 0 Å². The van der Waals surface area contributed by atoms with E-state index in [2.05, 4.69) is 69.9 Å². The fourth-order valence-electron chi connectivity index (χ4n) is 2.21. The molecule has 2 aromatic heterocycles. The van der Waals surface area contributed by atoms with Gasteiger partial charge in [-0.15, -0.1) is 11.3 Å². The molecule has 0 fully saturated rings. The lowest BCUT2D eigenvalue weighted by Gasteiger charge is -2.13. The predicted molar refractivity (Wildman–Crippen MR) is 89.5 cm³/mol. The van der Waals surface area contributed by atoms with Crippen LogP contribution in [-0.2, 0) is 6.42 Å². The van der Waals surface area contributed by atoms with Crippen molar-refractivity contribution in [3.05, 3.63) is 37.9 Å². The summed E-state index contributed by atoms with van der Waals surface area (Å²) in [7, 11) is 0. The van der Waals surface area contributed by atoms with Crippen molar-refractivity contribution < 1.29 is 0 Å². The Kier molecular flexibility index (Phi) is 5.41. The molecule has 0 radical (unpaired) electrons. The highest BCUT2D eigenvalue weighted by molar-refractivity contribution is 14.1. The van der Waals surface area contributed by atoms with Gasteiger partial charge in [0.15, 0.2) is 0 Å². The van der Waals surface area contributed by atoms with Gasteiger partial charge in [0.1, 0.15) is 0 Å². The zero-order valence-electron chi connectivity index (χ0n) is 11.3. The molecule has 5 heteroatoms. The van der Waals surface area contributed by atoms with Crippen LogP contribution in [0.15, 0.2) is 23.7 Å². The summed E-state index contributed by atoms with van der Waals surface area (Å²) < 4.78 is 3.37. The van der Waals surface area contributed by atoms with Gasteiger partial charge in [-0.25, -0.2) is 0 Å². The standard InChI is InChI=1S/C14H20IN3S/c1-3-12(4-2)18-6-5-11(17-18)8-13(16)10-7-14(15)19-9-10/h5-7,9,12-13H,3-4,8,16H2,1-2H3. The van der Waals surface area contributed by atoms with Crippen LogP contribution in [0, 0.1) is 2.88 Å². The van der Waals surface area contributed by atoms with E-state index in [-0.39, 0.29) is 6.04 Å². The molecule has 1 unspecified atom stereocenters. The van der Waals surface area contributed by atoms with Crippen molar-refractivity contribution in [1.82, 2.24) is 9.78 Å². The van der Waals surface area contributed by atoms with Gasteiger partial charge in [0.05, 0.1) is 14.6 Å². The lowest BCUT2D eigenvalue weighted by molar-refractivity contribution is 0.424. The Labute approximate surface area is 132 Å². The first-order valence-electron chi connectivity index (χ1n) is 6.67. The van der Waals surface area contributed by atoms with Gasteiger partial charge in [-0.1, -0.05) is 13.8 Å². The topological polar surface area (TPSA) is 43.8 Å². The van der Waals surface area contributed by atoms with Crippen molar-refractivity contribution in [3.8, 4) is 0 Å². The highest BCUT2D eigenvalue weighted by atomic mass is 127. The van der Waals surface area contributed by atoms with Gasteiger partial charge in [-0.05, 0) is 58.5 Å². The molecule has 2 rings (SSSR count). The largest absolute Gasteiger partial charge is 0.324 e. The van der Waals surface area contributed by atoms with Crippen LogP contribution in [0.4, 0.5) is 0 Å². The van der Waals surface area contributed by atoms with Crippen LogP contribution in [0.3, 0.4) is 0 Å². The number of nitrogens with zero attached hydrogens (tertiary/aromatic N) is 2. The summed E-state index contributed by atoms with van der Waals surface area (Å²) in [6.45, 7) is 4.41. The quantitative estimate of drug-likeness (QED) is 0.755. The van der Waals surface area contributed by atoms with E-state index in [1.165, 1.54) is 8.45 Å². The van der Waals surface area contributed by atoms with Crippen molar-refractivity contribution in [2.24, 2.45) is 5.73 Å². The van der Waals surface area contributed by atoms with E-state index in [0.29, 0.717) is 6.04 Å². The Bertz CT molecular complexity index is 516. The van der Waals surface area contributed by atoms with Crippen molar-refractivity contribution in [3.63, 3.8) is 0 Å². The Morgan fingerprint density at radius 3 is 2.74 bits per heavy atom. The van der Waals surface area contributed by atoms with Gasteiger partial charge in [0, 0.05) is 18.7 Å². The molecule has 0 amide bonds. The summed E-state index contributed by atoms with van der Waals surface area (Å²) in [5.74, 6) is 0. The predicted octanol–water partition coefficient (Wildman–Crippen LogP) is 4.15. The molecule has 104 valence electrons. The van der Waals surface area contributed by atoms with Gasteiger partial charge in [0.25, 0.3) is 0 Å². The Morgan fingerprint density at radius 1 is 1.42 bits per heavy atom. The number of hydrogen-bond acceptors (Lipinski definition) is 3. The minimum Gasteiger partial charge on any atom is -0.324 e.